The smallest absolute Gasteiger partial charge is 0.226 e. The average molecular weight is 637 g/mol. The molecule has 2 amide bonds. The van der Waals surface area contributed by atoms with E-state index in [0.29, 0.717) is 42.0 Å². The Balaban J connectivity index is 1.98. The Labute approximate surface area is 269 Å². The van der Waals surface area contributed by atoms with Gasteiger partial charge in [-0.1, -0.05) is 71.6 Å². The number of aliphatic hydroxyl groups excluding tert-OH is 2. The second kappa shape index (κ2) is 17.8. The Morgan fingerprint density at radius 1 is 1.05 bits per heavy atom. The van der Waals surface area contributed by atoms with Gasteiger partial charge in [-0.25, -0.2) is 4.98 Å². The Hall–Kier alpha value is -1.75. The van der Waals surface area contributed by atoms with E-state index in [1.54, 1.807) is 13.8 Å². The van der Waals surface area contributed by atoms with Crippen molar-refractivity contribution in [3.63, 3.8) is 0 Å². The second-order valence-corrected chi connectivity index (χ2v) is 15.6. The molecule has 0 unspecified atom stereocenters. The molecular weight excluding hydrogens is 576 g/mol. The summed E-state index contributed by atoms with van der Waals surface area (Å²) in [5.41, 5.74) is 5.52. The lowest BCUT2D eigenvalue weighted by molar-refractivity contribution is -0.147. The third kappa shape index (κ3) is 12.6. The van der Waals surface area contributed by atoms with Gasteiger partial charge in [0.25, 0.3) is 0 Å². The van der Waals surface area contributed by atoms with E-state index in [4.69, 9.17) is 5.73 Å². The predicted molar refractivity (Wildman–Crippen MR) is 177 cm³/mol. The van der Waals surface area contributed by atoms with Gasteiger partial charge in [-0.2, -0.15) is 0 Å². The summed E-state index contributed by atoms with van der Waals surface area (Å²) < 4.78 is 0. The number of thiazole rings is 1. The molecule has 0 aromatic carbocycles. The molecule has 1 heterocycles. The van der Waals surface area contributed by atoms with Crippen molar-refractivity contribution in [3.05, 3.63) is 11.1 Å². The maximum absolute atomic E-state index is 14.8. The first-order valence-corrected chi connectivity index (χ1v) is 18.1. The number of hydrogen-bond donors (Lipinski definition) is 5. The minimum absolute atomic E-state index is 0.0612. The van der Waals surface area contributed by atoms with Crippen LogP contribution in [-0.4, -0.2) is 74.0 Å². The summed E-state index contributed by atoms with van der Waals surface area (Å²) in [6.45, 7) is 7.91. The van der Waals surface area contributed by atoms with Crippen molar-refractivity contribution >= 4 is 28.3 Å². The van der Waals surface area contributed by atoms with Crippen LogP contribution in [0.5, 0.6) is 0 Å². The molecule has 0 bridgehead atoms. The normalized spacial score (nSPS) is 20.1. The van der Waals surface area contributed by atoms with Crippen LogP contribution in [0.1, 0.15) is 123 Å². The molecule has 10 heteroatoms. The van der Waals surface area contributed by atoms with Crippen LogP contribution in [0.25, 0.3) is 0 Å². The number of nitrogens with two attached hydrogens (primary N) is 1. The fraction of sp³-hybridized carbons (Fsp3) is 0.853. The quantitative estimate of drug-likeness (QED) is 0.159. The molecule has 2 fully saturated rings. The number of carbonyl (C=O) groups excluding carboxylic acids is 2. The van der Waals surface area contributed by atoms with Crippen molar-refractivity contribution in [1.29, 1.82) is 0 Å². The zero-order chi connectivity index (χ0) is 32.3. The maximum Gasteiger partial charge on any atom is 0.226 e. The number of aromatic nitrogens is 1. The van der Waals surface area contributed by atoms with E-state index in [1.165, 1.54) is 30.6 Å². The number of nitrogens with zero attached hydrogens (tertiary/aromatic N) is 2. The summed E-state index contributed by atoms with van der Waals surface area (Å²) in [7, 11) is 0. The van der Waals surface area contributed by atoms with Crippen molar-refractivity contribution < 1.29 is 24.9 Å². The second-order valence-electron chi connectivity index (χ2n) is 14.7. The Morgan fingerprint density at radius 3 is 2.18 bits per heavy atom. The highest BCUT2D eigenvalue weighted by Crippen LogP contribution is 2.34. The highest BCUT2D eigenvalue weighted by molar-refractivity contribution is 7.13. The SMILES string of the molecule is CC(C)C[C@H](O)[C@H](O)[C@H](CC1CCCCC1)N(CC1CCCCCC1)C(=O)[C@@H](CC(=O)NCC(C)(C)O)Cc1csc(N)n1. The number of rotatable bonds is 16. The first-order valence-electron chi connectivity index (χ1n) is 17.2. The van der Waals surface area contributed by atoms with Gasteiger partial charge in [0.05, 0.1) is 29.4 Å². The lowest BCUT2D eigenvalue weighted by atomic mass is 9.81. The summed E-state index contributed by atoms with van der Waals surface area (Å²) >= 11 is 1.31. The zero-order valence-electron chi connectivity index (χ0n) is 27.7. The molecule has 4 atom stereocenters. The predicted octanol–water partition coefficient (Wildman–Crippen LogP) is 5.07. The van der Waals surface area contributed by atoms with Crippen molar-refractivity contribution in [2.75, 3.05) is 18.8 Å². The van der Waals surface area contributed by atoms with E-state index >= 15 is 0 Å². The molecule has 2 aliphatic rings. The minimum atomic E-state index is -1.08. The zero-order valence-corrected chi connectivity index (χ0v) is 28.5. The standard InChI is InChI=1S/C34H60N4O5S/c1-23(2)16-29(39)31(41)28(17-24-12-10-7-11-13-24)38(20-25-14-8-5-6-9-15-25)32(42)26(18-27-21-44-33(35)37-27)19-30(40)36-22-34(3,4)43/h21,23-26,28-29,31,39,41,43H,5-20,22H2,1-4H3,(H2,35,37)(H,36,40)/t26-,28+,29+,31-/m1/s1. The summed E-state index contributed by atoms with van der Waals surface area (Å²) in [6, 6.07) is -0.537. The number of anilines is 1. The number of nitrogen functional groups attached to an aromatic ring is 1. The van der Waals surface area contributed by atoms with Gasteiger partial charge < -0.3 is 31.3 Å². The molecule has 6 N–H and O–H groups in total. The largest absolute Gasteiger partial charge is 0.390 e. The molecule has 0 spiro atoms. The van der Waals surface area contributed by atoms with Crippen LogP contribution in [0.15, 0.2) is 5.38 Å². The molecule has 44 heavy (non-hydrogen) atoms. The molecule has 0 aliphatic heterocycles. The van der Waals surface area contributed by atoms with Crippen LogP contribution in [0, 0.1) is 23.7 Å². The molecule has 1 aromatic rings. The van der Waals surface area contributed by atoms with Crippen molar-refractivity contribution in [2.45, 2.75) is 148 Å². The van der Waals surface area contributed by atoms with Crippen LogP contribution in [0.3, 0.4) is 0 Å². The molecular formula is C34H60N4O5S. The van der Waals surface area contributed by atoms with Gasteiger partial charge in [0.1, 0.15) is 6.10 Å². The van der Waals surface area contributed by atoms with E-state index < -0.39 is 29.8 Å². The van der Waals surface area contributed by atoms with Crippen LogP contribution in [0.2, 0.25) is 0 Å². The van der Waals surface area contributed by atoms with E-state index in [2.05, 4.69) is 10.3 Å². The van der Waals surface area contributed by atoms with E-state index in [-0.39, 0.29) is 37.1 Å². The van der Waals surface area contributed by atoms with Gasteiger partial charge in [0.15, 0.2) is 5.13 Å². The lowest BCUT2D eigenvalue weighted by Gasteiger charge is -2.42. The van der Waals surface area contributed by atoms with Gasteiger partial charge in [-0.15, -0.1) is 11.3 Å². The first kappa shape index (κ1) is 36.7. The Kier molecular flexibility index (Phi) is 14.9. The van der Waals surface area contributed by atoms with Crippen LogP contribution < -0.4 is 11.1 Å². The van der Waals surface area contributed by atoms with Gasteiger partial charge in [-0.05, 0) is 57.3 Å². The summed E-state index contributed by atoms with van der Waals surface area (Å²) in [5.74, 6) is -0.311. The number of amides is 2. The Morgan fingerprint density at radius 2 is 1.64 bits per heavy atom. The van der Waals surface area contributed by atoms with Crippen LogP contribution in [0.4, 0.5) is 5.13 Å². The Bertz CT molecular complexity index is 998. The topological polar surface area (TPSA) is 149 Å². The lowest BCUT2D eigenvalue weighted by Crippen LogP contribution is -2.55. The van der Waals surface area contributed by atoms with Gasteiger partial charge in [-0.3, -0.25) is 9.59 Å². The number of aliphatic hydroxyl groups is 3. The van der Waals surface area contributed by atoms with Gasteiger partial charge in [0, 0.05) is 31.3 Å². The summed E-state index contributed by atoms with van der Waals surface area (Å²) in [6.07, 6.45) is 11.6. The maximum atomic E-state index is 14.8. The fourth-order valence-corrected chi connectivity index (χ4v) is 7.64. The van der Waals surface area contributed by atoms with Crippen LogP contribution >= 0.6 is 11.3 Å². The van der Waals surface area contributed by atoms with E-state index in [9.17, 15) is 24.9 Å². The molecule has 3 rings (SSSR count). The fourth-order valence-electron chi connectivity index (χ4n) is 7.07. The van der Waals surface area contributed by atoms with E-state index in [0.717, 1.165) is 51.4 Å². The third-order valence-electron chi connectivity index (χ3n) is 9.44. The van der Waals surface area contributed by atoms with E-state index in [1.807, 2.05) is 24.1 Å². The molecule has 0 radical (unpaired) electrons. The molecule has 2 saturated carbocycles. The number of nitrogens with one attached hydrogen (secondary N) is 1. The highest BCUT2D eigenvalue weighted by Gasteiger charge is 2.40. The van der Waals surface area contributed by atoms with Gasteiger partial charge >= 0.3 is 0 Å². The molecule has 0 saturated heterocycles. The molecule has 2 aliphatic carbocycles. The molecule has 252 valence electrons. The monoisotopic (exact) mass is 636 g/mol. The van der Waals surface area contributed by atoms with Crippen LogP contribution in [-0.2, 0) is 16.0 Å². The van der Waals surface area contributed by atoms with Gasteiger partial charge in [0.2, 0.25) is 11.8 Å². The first-order chi connectivity index (χ1) is 20.8. The molecule has 9 nitrogen and oxygen atoms in total. The minimum Gasteiger partial charge on any atom is -0.390 e. The number of hydrogen-bond acceptors (Lipinski definition) is 8. The van der Waals surface area contributed by atoms with Crippen molar-refractivity contribution in [1.82, 2.24) is 15.2 Å². The average Bonchev–Trinajstić information content (AvgIpc) is 3.20. The summed E-state index contributed by atoms with van der Waals surface area (Å²) in [5, 5.41) is 38.3. The van der Waals surface area contributed by atoms with Crippen molar-refractivity contribution in [2.24, 2.45) is 23.7 Å². The highest BCUT2D eigenvalue weighted by atomic mass is 32.1. The molecule has 1 aromatic heterocycles. The van der Waals surface area contributed by atoms with Crippen molar-refractivity contribution in [3.8, 4) is 0 Å². The number of carbonyl (C=O) groups is 2. The summed E-state index contributed by atoms with van der Waals surface area (Å²) in [4.78, 5) is 34.3. The third-order valence-corrected chi connectivity index (χ3v) is 10.2.